The van der Waals surface area contributed by atoms with Crippen LogP contribution in [-0.2, 0) is 19.6 Å². The van der Waals surface area contributed by atoms with E-state index in [2.05, 4.69) is 10.0 Å². The van der Waals surface area contributed by atoms with Crippen LogP contribution in [0.2, 0.25) is 0 Å². The molecule has 2 aromatic rings. The van der Waals surface area contributed by atoms with E-state index < -0.39 is 28.0 Å². The highest BCUT2D eigenvalue weighted by molar-refractivity contribution is 7.92. The molecule has 0 aromatic heterocycles. The number of carbonyl (C=O) groups excluding carboxylic acids is 2. The Kier molecular flexibility index (Phi) is 5.41. The van der Waals surface area contributed by atoms with E-state index in [0.29, 0.717) is 17.2 Å². The number of hydrogen-bond donors (Lipinski definition) is 2. The molecule has 0 radical (unpaired) electrons. The first-order valence-corrected chi connectivity index (χ1v) is 10.1. The van der Waals surface area contributed by atoms with E-state index in [9.17, 15) is 18.0 Å². The van der Waals surface area contributed by atoms with Gasteiger partial charge in [0.15, 0.2) is 17.6 Å². The first-order chi connectivity index (χ1) is 13.2. The Morgan fingerprint density at radius 2 is 1.82 bits per heavy atom. The smallest absolute Gasteiger partial charge is 0.341 e. The van der Waals surface area contributed by atoms with Crippen molar-refractivity contribution < 1.29 is 32.2 Å². The molecule has 28 heavy (non-hydrogen) atoms. The topological polar surface area (TPSA) is 120 Å². The van der Waals surface area contributed by atoms with E-state index in [1.165, 1.54) is 19.1 Å². The largest absolute Gasteiger partial charge is 0.454 e. The van der Waals surface area contributed by atoms with Crippen LogP contribution in [0, 0.1) is 0 Å². The van der Waals surface area contributed by atoms with Crippen molar-refractivity contribution in [2.24, 2.45) is 0 Å². The number of anilines is 2. The lowest BCUT2D eigenvalue weighted by Crippen LogP contribution is -2.30. The molecule has 0 bridgehead atoms. The van der Waals surface area contributed by atoms with E-state index >= 15 is 0 Å². The van der Waals surface area contributed by atoms with E-state index in [1.54, 1.807) is 30.3 Å². The first kappa shape index (κ1) is 19.5. The minimum Gasteiger partial charge on any atom is -0.454 e. The molecule has 1 aliphatic rings. The predicted molar refractivity (Wildman–Crippen MR) is 101 cm³/mol. The van der Waals surface area contributed by atoms with E-state index in [4.69, 9.17) is 14.2 Å². The summed E-state index contributed by atoms with van der Waals surface area (Å²) in [4.78, 5) is 24.7. The number of benzene rings is 2. The monoisotopic (exact) mass is 406 g/mol. The highest BCUT2D eigenvalue weighted by Crippen LogP contribution is 2.34. The Morgan fingerprint density at radius 3 is 2.57 bits per heavy atom. The van der Waals surface area contributed by atoms with Gasteiger partial charge in [-0.25, -0.2) is 13.2 Å². The van der Waals surface area contributed by atoms with Gasteiger partial charge in [-0.15, -0.1) is 0 Å². The fourth-order valence-electron chi connectivity index (χ4n) is 2.45. The molecule has 2 N–H and O–H groups in total. The molecular weight excluding hydrogens is 388 g/mol. The summed E-state index contributed by atoms with van der Waals surface area (Å²) in [6, 6.07) is 10.8. The maximum atomic E-state index is 12.4. The molecule has 9 nitrogen and oxygen atoms in total. The van der Waals surface area contributed by atoms with Crippen molar-refractivity contribution in [1.29, 1.82) is 0 Å². The molecule has 1 atom stereocenters. The number of hydrogen-bond acceptors (Lipinski definition) is 7. The van der Waals surface area contributed by atoms with E-state index in [-0.39, 0.29) is 18.0 Å². The van der Waals surface area contributed by atoms with Gasteiger partial charge in [0.2, 0.25) is 16.8 Å². The third-order valence-corrected chi connectivity index (χ3v) is 4.33. The summed E-state index contributed by atoms with van der Waals surface area (Å²) in [5.74, 6) is -0.309. The molecule has 0 fully saturated rings. The zero-order chi connectivity index (χ0) is 20.3. The van der Waals surface area contributed by atoms with Gasteiger partial charge in [-0.05, 0) is 31.2 Å². The van der Waals surface area contributed by atoms with Gasteiger partial charge >= 0.3 is 5.97 Å². The number of ether oxygens (including phenoxy) is 3. The molecule has 1 heterocycles. The van der Waals surface area contributed by atoms with Gasteiger partial charge in [0.05, 0.1) is 17.5 Å². The summed E-state index contributed by atoms with van der Waals surface area (Å²) < 4.78 is 40.7. The lowest BCUT2D eigenvalue weighted by atomic mass is 10.2. The van der Waals surface area contributed by atoms with E-state index in [1.807, 2.05) is 0 Å². The molecule has 2 aromatic carbocycles. The summed E-state index contributed by atoms with van der Waals surface area (Å²) >= 11 is 0. The third-order valence-electron chi connectivity index (χ3n) is 3.74. The summed E-state index contributed by atoms with van der Waals surface area (Å²) in [6.45, 7) is 1.52. The average Bonchev–Trinajstić information content (AvgIpc) is 3.08. The zero-order valence-corrected chi connectivity index (χ0v) is 15.9. The molecule has 0 saturated heterocycles. The lowest BCUT2D eigenvalue weighted by Gasteiger charge is -2.15. The quantitative estimate of drug-likeness (QED) is 0.704. The summed E-state index contributed by atoms with van der Waals surface area (Å²) in [7, 11) is -3.58. The maximum absolute atomic E-state index is 12.4. The predicted octanol–water partition coefficient (Wildman–Crippen LogP) is 1.97. The summed E-state index contributed by atoms with van der Waals surface area (Å²) in [5.41, 5.74) is 0.519. The molecule has 10 heteroatoms. The van der Waals surface area contributed by atoms with Crippen LogP contribution in [0.5, 0.6) is 11.5 Å². The highest BCUT2D eigenvalue weighted by atomic mass is 32.2. The third kappa shape index (κ3) is 4.71. The van der Waals surface area contributed by atoms with Gasteiger partial charge in [-0.2, -0.15) is 0 Å². The van der Waals surface area contributed by atoms with Crippen LogP contribution in [0.4, 0.5) is 11.4 Å². The minimum atomic E-state index is -3.58. The minimum absolute atomic E-state index is 0.00402. The van der Waals surface area contributed by atoms with Crippen molar-refractivity contribution in [2.75, 3.05) is 23.1 Å². The van der Waals surface area contributed by atoms with E-state index in [0.717, 1.165) is 6.26 Å². The first-order valence-electron chi connectivity index (χ1n) is 8.21. The second kappa shape index (κ2) is 7.77. The molecule has 1 aliphatic heterocycles. The van der Waals surface area contributed by atoms with Gasteiger partial charge in [-0.1, -0.05) is 12.1 Å². The average molecular weight is 406 g/mol. The fraction of sp³-hybridized carbons (Fsp3) is 0.222. The highest BCUT2D eigenvalue weighted by Gasteiger charge is 2.22. The number of fused-ring (bicyclic) bond motifs is 1. The van der Waals surface area contributed by atoms with Crippen molar-refractivity contribution in [2.45, 2.75) is 13.0 Å². The molecule has 0 unspecified atom stereocenters. The number of sulfonamides is 1. The zero-order valence-electron chi connectivity index (χ0n) is 15.1. The SMILES string of the molecule is C[C@H](OC(=O)c1ccccc1NS(C)(=O)=O)C(=O)Nc1ccc2c(c1)OCO2. The van der Waals surface area contributed by atoms with Crippen molar-refractivity contribution in [3.8, 4) is 11.5 Å². The standard InChI is InChI=1S/C18H18N2O7S/c1-11(17(21)19-12-7-8-15-16(9-12)26-10-25-15)27-18(22)13-5-3-4-6-14(13)20-28(2,23)24/h3-9,11,20H,10H2,1-2H3,(H,19,21)/t11-/m0/s1. The van der Waals surface area contributed by atoms with Crippen LogP contribution in [0.25, 0.3) is 0 Å². The normalized spacial score (nSPS) is 13.5. The number of carbonyl (C=O) groups is 2. The molecular formula is C18H18N2O7S. The second-order valence-electron chi connectivity index (χ2n) is 6.02. The number of amides is 1. The van der Waals surface area contributed by atoms with Gasteiger partial charge < -0.3 is 19.5 Å². The summed E-state index contributed by atoms with van der Waals surface area (Å²) in [6.07, 6.45) is -0.152. The van der Waals surface area contributed by atoms with Gasteiger partial charge in [0.1, 0.15) is 0 Å². The molecule has 0 aliphatic carbocycles. The van der Waals surface area contributed by atoms with Crippen LogP contribution >= 0.6 is 0 Å². The van der Waals surface area contributed by atoms with Gasteiger partial charge in [-0.3, -0.25) is 9.52 Å². The Balaban J connectivity index is 1.66. The Morgan fingerprint density at radius 1 is 1.11 bits per heavy atom. The summed E-state index contributed by atoms with van der Waals surface area (Å²) in [5, 5.41) is 2.62. The van der Waals surface area contributed by atoms with Crippen LogP contribution in [0.1, 0.15) is 17.3 Å². The van der Waals surface area contributed by atoms with Crippen LogP contribution in [0.15, 0.2) is 42.5 Å². The van der Waals surface area contributed by atoms with Gasteiger partial charge in [0.25, 0.3) is 5.91 Å². The van der Waals surface area contributed by atoms with Crippen molar-refractivity contribution in [1.82, 2.24) is 0 Å². The maximum Gasteiger partial charge on any atom is 0.341 e. The number of para-hydroxylation sites is 1. The fourth-order valence-corrected chi connectivity index (χ4v) is 3.02. The molecule has 1 amide bonds. The van der Waals surface area contributed by atoms with Crippen molar-refractivity contribution in [3.05, 3.63) is 48.0 Å². The molecule has 0 spiro atoms. The van der Waals surface area contributed by atoms with Crippen LogP contribution < -0.4 is 19.5 Å². The van der Waals surface area contributed by atoms with Crippen molar-refractivity contribution in [3.63, 3.8) is 0 Å². The molecule has 3 rings (SSSR count). The van der Waals surface area contributed by atoms with Crippen molar-refractivity contribution >= 4 is 33.3 Å². The number of rotatable bonds is 6. The Labute approximate surface area is 161 Å². The second-order valence-corrected chi connectivity index (χ2v) is 7.77. The van der Waals surface area contributed by atoms with Crippen LogP contribution in [0.3, 0.4) is 0 Å². The number of esters is 1. The lowest BCUT2D eigenvalue weighted by molar-refractivity contribution is -0.123. The Hall–Kier alpha value is -3.27. The van der Waals surface area contributed by atoms with Gasteiger partial charge in [0, 0.05) is 11.8 Å². The molecule has 0 saturated carbocycles. The molecule has 148 valence electrons. The number of nitrogens with one attached hydrogen (secondary N) is 2. The van der Waals surface area contributed by atoms with Crippen LogP contribution in [-0.4, -0.2) is 39.4 Å². The Bertz CT molecular complexity index is 1020.